The van der Waals surface area contributed by atoms with Crippen molar-refractivity contribution in [2.24, 2.45) is 0 Å². The van der Waals surface area contributed by atoms with Crippen LogP contribution in [0.2, 0.25) is 0 Å². The molecule has 2 aromatic carbocycles. The predicted molar refractivity (Wildman–Crippen MR) is 168 cm³/mol. The van der Waals surface area contributed by atoms with Gasteiger partial charge in [0.15, 0.2) is 0 Å². The zero-order chi connectivity index (χ0) is 32.0. The van der Waals surface area contributed by atoms with Crippen molar-refractivity contribution in [2.75, 3.05) is 0 Å². The van der Waals surface area contributed by atoms with Crippen LogP contribution in [-0.4, -0.2) is 9.79 Å². The summed E-state index contributed by atoms with van der Waals surface area (Å²) in [5.74, 6) is 0.498. The van der Waals surface area contributed by atoms with E-state index in [-0.39, 0.29) is 11.5 Å². The van der Waals surface area contributed by atoms with E-state index in [0.29, 0.717) is 0 Å². The highest BCUT2D eigenvalue weighted by Crippen LogP contribution is 2.63. The van der Waals surface area contributed by atoms with Gasteiger partial charge in [-0.1, -0.05) is 121 Å². The van der Waals surface area contributed by atoms with Crippen molar-refractivity contribution in [3.63, 3.8) is 0 Å². The van der Waals surface area contributed by atoms with Crippen LogP contribution >= 0.6 is 15.6 Å². The summed E-state index contributed by atoms with van der Waals surface area (Å²) in [5.41, 5.74) is 3.29. The summed E-state index contributed by atoms with van der Waals surface area (Å²) in [5, 5.41) is 0. The first-order valence-corrected chi connectivity index (χ1v) is 17.3. The molecule has 232 valence electrons. The number of hydrogen-bond donors (Lipinski definition) is 2. The molecule has 0 aliphatic carbocycles. The van der Waals surface area contributed by atoms with E-state index in [0.717, 1.165) is 46.2 Å². The van der Waals surface area contributed by atoms with Crippen molar-refractivity contribution in [1.29, 1.82) is 0 Å². The van der Waals surface area contributed by atoms with Gasteiger partial charge in [-0.15, -0.1) is 0 Å². The Morgan fingerprint density at radius 2 is 0.805 bits per heavy atom. The molecule has 0 fully saturated rings. The lowest BCUT2D eigenvalue weighted by Gasteiger charge is -2.34. The topological polar surface area (TPSA) is 102 Å². The highest BCUT2D eigenvalue weighted by molar-refractivity contribution is 7.61. The molecule has 0 bridgehead atoms. The van der Waals surface area contributed by atoms with Crippen molar-refractivity contribution in [1.82, 2.24) is 0 Å². The van der Waals surface area contributed by atoms with Crippen molar-refractivity contribution in [2.45, 2.75) is 131 Å². The van der Waals surface area contributed by atoms with Gasteiger partial charge in [0, 0.05) is 22.3 Å². The van der Waals surface area contributed by atoms with E-state index in [2.05, 4.69) is 13.8 Å². The van der Waals surface area contributed by atoms with E-state index in [1.54, 1.807) is 0 Å². The molecule has 0 saturated carbocycles. The Morgan fingerprint density at radius 3 is 0.976 bits per heavy atom. The first-order chi connectivity index (χ1) is 18.2. The van der Waals surface area contributed by atoms with Gasteiger partial charge >= 0.3 is 15.6 Å². The van der Waals surface area contributed by atoms with Gasteiger partial charge in [0.05, 0.1) is 0 Å². The Balaban J connectivity index is 3.00. The van der Waals surface area contributed by atoms with Gasteiger partial charge in [-0.3, -0.25) is 0 Å². The summed E-state index contributed by atoms with van der Waals surface area (Å²) in [7, 11) is -10.3. The summed E-state index contributed by atoms with van der Waals surface area (Å²) in [6.45, 7) is 28.2. The third-order valence-electron chi connectivity index (χ3n) is 6.96. The lowest BCUT2D eigenvalue weighted by Crippen LogP contribution is -2.22. The molecule has 0 spiro atoms. The van der Waals surface area contributed by atoms with Gasteiger partial charge < -0.3 is 18.8 Å². The van der Waals surface area contributed by atoms with E-state index < -0.39 is 37.3 Å². The van der Waals surface area contributed by atoms with Gasteiger partial charge in [-0.25, -0.2) is 9.13 Å². The molecule has 0 aliphatic heterocycles. The standard InChI is InChI=1S/C32H52O7P2/c1-15-21-17-23(29(3,4)5)27(24(18-21)30(6,7)8)37-41(36,39-40(33,34)35)38-28-25(31(9,10)11)19-22(16-2)20-26(28)32(12,13)14/h17-20H,15-16H2,1-14H3,(H2,33,34,35). The fraction of sp³-hybridized carbons (Fsp3) is 0.625. The van der Waals surface area contributed by atoms with Crippen molar-refractivity contribution in [3.8, 4) is 11.5 Å². The van der Waals surface area contributed by atoms with Crippen LogP contribution in [0.1, 0.15) is 130 Å². The monoisotopic (exact) mass is 610 g/mol. The van der Waals surface area contributed by atoms with Gasteiger partial charge in [0.2, 0.25) is 0 Å². The summed E-state index contributed by atoms with van der Waals surface area (Å²) >= 11 is 0. The lowest BCUT2D eigenvalue weighted by atomic mass is 9.78. The Kier molecular flexibility index (Phi) is 10.2. The van der Waals surface area contributed by atoms with Gasteiger partial charge in [-0.05, 0) is 45.6 Å². The zero-order valence-corrected chi connectivity index (χ0v) is 29.3. The summed E-state index contributed by atoms with van der Waals surface area (Å²) in [6.07, 6.45) is 1.54. The smallest absolute Gasteiger partial charge is 0.394 e. The highest BCUT2D eigenvalue weighted by Gasteiger charge is 2.44. The molecule has 0 saturated heterocycles. The van der Waals surface area contributed by atoms with E-state index >= 15 is 0 Å². The third kappa shape index (κ3) is 9.18. The van der Waals surface area contributed by atoms with Crippen LogP contribution in [0.5, 0.6) is 11.5 Å². The largest absolute Gasteiger partial charge is 0.596 e. The molecule has 2 rings (SSSR count). The molecule has 0 radical (unpaired) electrons. The number of phosphoric ester groups is 1. The fourth-order valence-electron chi connectivity index (χ4n) is 4.62. The Labute approximate surface area is 248 Å². The minimum atomic E-state index is -5.33. The van der Waals surface area contributed by atoms with Crippen LogP contribution in [-0.2, 0) is 47.9 Å². The first-order valence-electron chi connectivity index (χ1n) is 14.3. The average molecular weight is 611 g/mol. The molecule has 41 heavy (non-hydrogen) atoms. The molecule has 7 nitrogen and oxygen atoms in total. The molecule has 0 aromatic heterocycles. The molecular weight excluding hydrogens is 558 g/mol. The van der Waals surface area contributed by atoms with Crippen LogP contribution in [0.4, 0.5) is 0 Å². The Hall–Kier alpha value is -1.62. The molecule has 0 atom stereocenters. The van der Waals surface area contributed by atoms with Crippen LogP contribution in [0.15, 0.2) is 24.3 Å². The SMILES string of the molecule is CCc1cc(C(C)(C)C)c(OP(=O)(Oc2c(C(C)(C)C)cc(CC)cc2C(C)(C)C)OP(=O)(O)O)c(C(C)(C)C)c1. The molecule has 9 heteroatoms. The fourth-order valence-corrected chi connectivity index (χ4v) is 6.80. The number of benzene rings is 2. The second-order valence-corrected chi connectivity index (χ2v) is 17.8. The summed E-state index contributed by atoms with van der Waals surface area (Å²) in [4.78, 5) is 19.9. The quantitative estimate of drug-likeness (QED) is 0.287. The van der Waals surface area contributed by atoms with Crippen LogP contribution < -0.4 is 9.05 Å². The molecule has 0 heterocycles. The van der Waals surface area contributed by atoms with Crippen molar-refractivity contribution < 1.29 is 32.3 Å². The van der Waals surface area contributed by atoms with Gasteiger partial charge in [0.1, 0.15) is 11.5 Å². The predicted octanol–water partition coefficient (Wildman–Crippen LogP) is 9.68. The normalized spacial score (nSPS) is 13.9. The molecular formula is C32H52O7P2. The maximum atomic E-state index is 14.6. The van der Waals surface area contributed by atoms with E-state index in [1.165, 1.54) is 0 Å². The van der Waals surface area contributed by atoms with Crippen LogP contribution in [0.25, 0.3) is 0 Å². The zero-order valence-electron chi connectivity index (χ0n) is 27.6. The van der Waals surface area contributed by atoms with Crippen molar-refractivity contribution >= 4 is 15.6 Å². The second kappa shape index (κ2) is 11.8. The third-order valence-corrected chi connectivity index (χ3v) is 9.42. The summed E-state index contributed by atoms with van der Waals surface area (Å²) in [6, 6.07) is 7.96. The molecule has 2 N–H and O–H groups in total. The summed E-state index contributed by atoms with van der Waals surface area (Å²) < 4.78 is 44.3. The second-order valence-electron chi connectivity index (χ2n) is 14.9. The van der Waals surface area contributed by atoms with E-state index in [1.807, 2.05) is 107 Å². The van der Waals surface area contributed by atoms with Crippen molar-refractivity contribution in [3.05, 3.63) is 57.6 Å². The minimum absolute atomic E-state index is 0.249. The molecule has 0 amide bonds. The van der Waals surface area contributed by atoms with Crippen LogP contribution in [0.3, 0.4) is 0 Å². The number of hydrogen-bond acceptors (Lipinski definition) is 5. The number of rotatable bonds is 8. The van der Waals surface area contributed by atoms with Gasteiger partial charge in [0.25, 0.3) is 0 Å². The van der Waals surface area contributed by atoms with E-state index in [9.17, 15) is 18.9 Å². The molecule has 0 unspecified atom stereocenters. The number of aryl methyl sites for hydroxylation is 2. The minimum Gasteiger partial charge on any atom is -0.394 e. The highest BCUT2D eigenvalue weighted by atomic mass is 31.3. The average Bonchev–Trinajstić information content (AvgIpc) is 2.74. The Bertz CT molecular complexity index is 1180. The van der Waals surface area contributed by atoms with Crippen LogP contribution in [0, 0.1) is 0 Å². The lowest BCUT2D eigenvalue weighted by molar-refractivity contribution is 0.230. The Morgan fingerprint density at radius 1 is 0.561 bits per heavy atom. The maximum absolute atomic E-state index is 14.6. The number of phosphoric acid groups is 2. The molecule has 0 aliphatic rings. The van der Waals surface area contributed by atoms with Gasteiger partial charge in [-0.2, -0.15) is 4.31 Å². The first kappa shape index (κ1) is 35.6. The maximum Gasteiger partial charge on any atom is 0.596 e. The molecule has 2 aromatic rings. The van der Waals surface area contributed by atoms with E-state index in [4.69, 9.17) is 13.4 Å².